The van der Waals surface area contributed by atoms with E-state index in [1.165, 1.54) is 0 Å². The molecule has 0 aliphatic carbocycles. The fourth-order valence-electron chi connectivity index (χ4n) is 2.52. The average molecular weight is 337 g/mol. The Balaban J connectivity index is 1.69. The lowest BCUT2D eigenvalue weighted by Crippen LogP contribution is -2.27. The van der Waals surface area contributed by atoms with Crippen LogP contribution in [0.5, 0.6) is 5.75 Å². The molecule has 2 N–H and O–H groups in total. The number of rotatable bonds is 6. The van der Waals surface area contributed by atoms with Gasteiger partial charge >= 0.3 is 0 Å². The van der Waals surface area contributed by atoms with Crippen molar-refractivity contribution in [3.63, 3.8) is 0 Å². The van der Waals surface area contributed by atoms with Crippen LogP contribution in [0.4, 0.5) is 0 Å². The highest BCUT2D eigenvalue weighted by Gasteiger charge is 2.15. The molecule has 0 saturated heterocycles. The molecule has 1 atom stereocenters. The lowest BCUT2D eigenvalue weighted by atomic mass is 10.2. The molecule has 0 saturated carbocycles. The molecular formula is C20H23N3O2. The van der Waals surface area contributed by atoms with Gasteiger partial charge in [0.15, 0.2) is 0 Å². The van der Waals surface area contributed by atoms with E-state index in [-0.39, 0.29) is 11.9 Å². The molecule has 0 bridgehead atoms. The molecule has 1 unspecified atom stereocenters. The molecule has 3 aromatic rings. The minimum Gasteiger partial charge on any atom is -0.493 e. The zero-order valence-electron chi connectivity index (χ0n) is 14.7. The highest BCUT2D eigenvalue weighted by atomic mass is 16.5. The Labute approximate surface area is 147 Å². The van der Waals surface area contributed by atoms with Crippen molar-refractivity contribution in [1.29, 1.82) is 0 Å². The van der Waals surface area contributed by atoms with Crippen molar-refractivity contribution >= 4 is 16.9 Å². The highest BCUT2D eigenvalue weighted by Crippen LogP contribution is 2.18. The number of ether oxygens (including phenoxy) is 1. The van der Waals surface area contributed by atoms with Gasteiger partial charge in [-0.15, -0.1) is 0 Å². The van der Waals surface area contributed by atoms with E-state index in [4.69, 9.17) is 4.74 Å². The largest absolute Gasteiger partial charge is 0.493 e. The molecule has 1 aromatic heterocycles. The third-order valence-electron chi connectivity index (χ3n) is 3.85. The summed E-state index contributed by atoms with van der Waals surface area (Å²) >= 11 is 0. The monoisotopic (exact) mass is 337 g/mol. The summed E-state index contributed by atoms with van der Waals surface area (Å²) in [5, 5.41) is 2.98. The SMILES string of the molecule is CC(C)COc1cccc(C(=O)NC(C)c2nc3ccccc3[nH]2)c1. The number of H-pyrrole nitrogens is 1. The molecule has 0 radical (unpaired) electrons. The van der Waals surface area contributed by atoms with Crippen LogP contribution in [0.25, 0.3) is 11.0 Å². The Morgan fingerprint density at radius 1 is 1.16 bits per heavy atom. The molecule has 0 aliphatic heterocycles. The maximum Gasteiger partial charge on any atom is 0.251 e. The molecule has 3 rings (SSSR count). The van der Waals surface area contributed by atoms with Crippen LogP contribution in [0.1, 0.15) is 43.0 Å². The Morgan fingerprint density at radius 2 is 1.96 bits per heavy atom. The summed E-state index contributed by atoms with van der Waals surface area (Å²) in [5.41, 5.74) is 2.43. The number of hydrogen-bond acceptors (Lipinski definition) is 3. The summed E-state index contributed by atoms with van der Waals surface area (Å²) in [6, 6.07) is 14.8. The summed E-state index contributed by atoms with van der Waals surface area (Å²) in [6.07, 6.45) is 0. The van der Waals surface area contributed by atoms with Gasteiger partial charge in [-0.3, -0.25) is 4.79 Å². The summed E-state index contributed by atoms with van der Waals surface area (Å²) in [5.74, 6) is 1.73. The summed E-state index contributed by atoms with van der Waals surface area (Å²) in [7, 11) is 0. The van der Waals surface area contributed by atoms with Crippen LogP contribution in [0, 0.1) is 5.92 Å². The van der Waals surface area contributed by atoms with Crippen molar-refractivity contribution in [2.75, 3.05) is 6.61 Å². The number of carbonyl (C=O) groups excluding carboxylic acids is 1. The molecule has 0 fully saturated rings. The van der Waals surface area contributed by atoms with E-state index < -0.39 is 0 Å². The van der Waals surface area contributed by atoms with Gasteiger partial charge < -0.3 is 15.0 Å². The second-order valence-corrected chi connectivity index (χ2v) is 6.57. The molecule has 1 heterocycles. The number of nitrogens with zero attached hydrogens (tertiary/aromatic N) is 1. The van der Waals surface area contributed by atoms with Crippen molar-refractivity contribution in [3.8, 4) is 5.75 Å². The Kier molecular flexibility index (Phi) is 5.03. The van der Waals surface area contributed by atoms with Gasteiger partial charge in [0, 0.05) is 5.56 Å². The molecule has 25 heavy (non-hydrogen) atoms. The van der Waals surface area contributed by atoms with Crippen LogP contribution < -0.4 is 10.1 Å². The Morgan fingerprint density at radius 3 is 2.72 bits per heavy atom. The molecule has 5 heteroatoms. The number of hydrogen-bond donors (Lipinski definition) is 2. The summed E-state index contributed by atoms with van der Waals surface area (Å²) in [4.78, 5) is 20.3. The van der Waals surface area contributed by atoms with Crippen molar-refractivity contribution in [3.05, 3.63) is 59.9 Å². The normalized spacial score (nSPS) is 12.3. The molecule has 130 valence electrons. The van der Waals surface area contributed by atoms with Crippen LogP contribution in [0.15, 0.2) is 48.5 Å². The predicted octanol–water partition coefficient (Wildman–Crippen LogP) is 4.09. The average Bonchev–Trinajstić information content (AvgIpc) is 3.04. The zero-order chi connectivity index (χ0) is 17.8. The molecular weight excluding hydrogens is 314 g/mol. The number of aromatic amines is 1. The Hall–Kier alpha value is -2.82. The lowest BCUT2D eigenvalue weighted by Gasteiger charge is -2.13. The van der Waals surface area contributed by atoms with E-state index in [0.29, 0.717) is 23.8 Å². The third kappa shape index (κ3) is 4.18. The second-order valence-electron chi connectivity index (χ2n) is 6.57. The molecule has 0 spiro atoms. The van der Waals surface area contributed by atoms with Crippen LogP contribution in [0.2, 0.25) is 0 Å². The van der Waals surface area contributed by atoms with Crippen LogP contribution in [-0.2, 0) is 0 Å². The van der Waals surface area contributed by atoms with Gasteiger partial charge in [0.2, 0.25) is 0 Å². The van der Waals surface area contributed by atoms with Gasteiger partial charge in [0.05, 0.1) is 23.7 Å². The summed E-state index contributed by atoms with van der Waals surface area (Å²) in [6.45, 7) is 6.71. The standard InChI is InChI=1S/C20H23N3O2/c1-13(2)12-25-16-8-6-7-15(11-16)20(24)21-14(3)19-22-17-9-4-5-10-18(17)23-19/h4-11,13-14H,12H2,1-3H3,(H,21,24)(H,22,23). The first-order valence-electron chi connectivity index (χ1n) is 8.51. The van der Waals surface area contributed by atoms with Crippen LogP contribution in [0.3, 0.4) is 0 Å². The van der Waals surface area contributed by atoms with E-state index in [9.17, 15) is 4.79 Å². The Bertz CT molecular complexity index is 837. The van der Waals surface area contributed by atoms with Crippen molar-refractivity contribution in [2.45, 2.75) is 26.8 Å². The number of amides is 1. The minimum absolute atomic E-state index is 0.150. The smallest absolute Gasteiger partial charge is 0.251 e. The predicted molar refractivity (Wildman–Crippen MR) is 98.7 cm³/mol. The van der Waals surface area contributed by atoms with E-state index in [1.807, 2.05) is 43.3 Å². The number of fused-ring (bicyclic) bond motifs is 1. The first kappa shape index (κ1) is 17.0. The van der Waals surface area contributed by atoms with Crippen molar-refractivity contribution < 1.29 is 9.53 Å². The van der Waals surface area contributed by atoms with Crippen LogP contribution >= 0.6 is 0 Å². The zero-order valence-corrected chi connectivity index (χ0v) is 14.7. The maximum atomic E-state index is 12.5. The molecule has 2 aromatic carbocycles. The quantitative estimate of drug-likeness (QED) is 0.712. The fourth-order valence-corrected chi connectivity index (χ4v) is 2.52. The van der Waals surface area contributed by atoms with E-state index >= 15 is 0 Å². The summed E-state index contributed by atoms with van der Waals surface area (Å²) < 4.78 is 5.69. The van der Waals surface area contributed by atoms with E-state index in [0.717, 1.165) is 16.9 Å². The van der Waals surface area contributed by atoms with Gasteiger partial charge in [-0.25, -0.2) is 4.98 Å². The lowest BCUT2D eigenvalue weighted by molar-refractivity contribution is 0.0938. The van der Waals surface area contributed by atoms with Crippen molar-refractivity contribution in [2.24, 2.45) is 5.92 Å². The van der Waals surface area contributed by atoms with Crippen LogP contribution in [-0.4, -0.2) is 22.5 Å². The fraction of sp³-hybridized carbons (Fsp3) is 0.300. The van der Waals surface area contributed by atoms with Gasteiger partial charge in [-0.05, 0) is 43.2 Å². The topological polar surface area (TPSA) is 67.0 Å². The number of carbonyl (C=O) groups is 1. The number of imidazole rings is 1. The van der Waals surface area contributed by atoms with Gasteiger partial charge in [0.1, 0.15) is 11.6 Å². The molecule has 1 amide bonds. The number of aromatic nitrogens is 2. The first-order valence-corrected chi connectivity index (χ1v) is 8.51. The maximum absolute atomic E-state index is 12.5. The van der Waals surface area contributed by atoms with Gasteiger partial charge in [0.25, 0.3) is 5.91 Å². The van der Waals surface area contributed by atoms with E-state index in [2.05, 4.69) is 29.1 Å². The third-order valence-corrected chi connectivity index (χ3v) is 3.85. The number of para-hydroxylation sites is 2. The van der Waals surface area contributed by atoms with Gasteiger partial charge in [-0.2, -0.15) is 0 Å². The highest BCUT2D eigenvalue weighted by molar-refractivity contribution is 5.94. The first-order chi connectivity index (χ1) is 12.0. The van der Waals surface area contributed by atoms with E-state index in [1.54, 1.807) is 12.1 Å². The second kappa shape index (κ2) is 7.38. The van der Waals surface area contributed by atoms with Gasteiger partial charge in [-0.1, -0.05) is 32.0 Å². The van der Waals surface area contributed by atoms with Crippen molar-refractivity contribution in [1.82, 2.24) is 15.3 Å². The number of benzene rings is 2. The minimum atomic E-state index is -0.222. The number of nitrogens with one attached hydrogen (secondary N) is 2. The molecule has 5 nitrogen and oxygen atoms in total. The molecule has 0 aliphatic rings.